The second kappa shape index (κ2) is 14.1. The van der Waals surface area contributed by atoms with Gasteiger partial charge in [-0.05, 0) is 24.7 Å². The van der Waals surface area contributed by atoms with Crippen molar-refractivity contribution in [1.29, 1.82) is 0 Å². The average molecular weight is 342 g/mol. The van der Waals surface area contributed by atoms with Gasteiger partial charge in [-0.15, -0.1) is 0 Å². The number of nitrogens with two attached hydrogens (primary N) is 1. The van der Waals surface area contributed by atoms with Gasteiger partial charge in [-0.2, -0.15) is 0 Å². The smallest absolute Gasteiger partial charge is 0.0713 e. The first-order valence-corrected chi connectivity index (χ1v) is 10.7. The van der Waals surface area contributed by atoms with Crippen LogP contribution in [0.4, 0.5) is 0 Å². The van der Waals surface area contributed by atoms with Crippen molar-refractivity contribution in [3.8, 4) is 0 Å². The molecule has 4 unspecified atom stereocenters. The maximum absolute atomic E-state index is 9.67. The van der Waals surface area contributed by atoms with Crippen molar-refractivity contribution in [2.75, 3.05) is 6.61 Å². The van der Waals surface area contributed by atoms with Crippen LogP contribution in [-0.2, 0) is 0 Å². The van der Waals surface area contributed by atoms with Gasteiger partial charge in [0.25, 0.3) is 0 Å². The summed E-state index contributed by atoms with van der Waals surface area (Å²) in [5, 5.41) is 18.5. The molecule has 1 aliphatic carbocycles. The largest absolute Gasteiger partial charge is 0.395 e. The van der Waals surface area contributed by atoms with Crippen molar-refractivity contribution in [3.63, 3.8) is 0 Å². The monoisotopic (exact) mass is 341 g/mol. The quantitative estimate of drug-likeness (QED) is 0.333. The Kier molecular flexibility index (Phi) is 12.9. The van der Waals surface area contributed by atoms with E-state index in [1.165, 1.54) is 83.5 Å². The maximum Gasteiger partial charge on any atom is 0.0713 e. The lowest BCUT2D eigenvalue weighted by atomic mass is 10.0. The zero-order chi connectivity index (χ0) is 17.6. The Bertz CT molecular complexity index is 285. The number of hydrogen-bond donors (Lipinski definition) is 3. The number of aliphatic hydroxyl groups excluding tert-OH is 2. The van der Waals surface area contributed by atoms with Gasteiger partial charge in [0.05, 0.1) is 18.8 Å². The van der Waals surface area contributed by atoms with E-state index in [1.54, 1.807) is 0 Å². The molecule has 0 heterocycles. The van der Waals surface area contributed by atoms with Gasteiger partial charge in [-0.1, -0.05) is 90.4 Å². The highest BCUT2D eigenvalue weighted by Crippen LogP contribution is 2.45. The van der Waals surface area contributed by atoms with Gasteiger partial charge in [0.2, 0.25) is 0 Å². The fourth-order valence-corrected chi connectivity index (χ4v) is 3.83. The van der Waals surface area contributed by atoms with Gasteiger partial charge in [-0.25, -0.2) is 0 Å². The molecule has 0 aromatic heterocycles. The summed E-state index contributed by atoms with van der Waals surface area (Å²) in [5.74, 6) is 2.16. The summed E-state index contributed by atoms with van der Waals surface area (Å²) in [7, 11) is 0. The molecular formula is C21H43NO2. The molecule has 0 radical (unpaired) electrons. The lowest BCUT2D eigenvalue weighted by molar-refractivity contribution is 0.0990. The third kappa shape index (κ3) is 10.7. The van der Waals surface area contributed by atoms with E-state index in [0.29, 0.717) is 0 Å². The third-order valence-corrected chi connectivity index (χ3v) is 5.78. The van der Waals surface area contributed by atoms with Crippen molar-refractivity contribution in [2.24, 2.45) is 17.6 Å². The molecular weight excluding hydrogens is 298 g/mol. The predicted octanol–water partition coefficient (Wildman–Crippen LogP) is 4.78. The Balaban J connectivity index is 1.77. The van der Waals surface area contributed by atoms with Gasteiger partial charge in [0.1, 0.15) is 0 Å². The lowest BCUT2D eigenvalue weighted by Gasteiger charge is -2.15. The van der Waals surface area contributed by atoms with E-state index in [0.717, 1.165) is 24.7 Å². The molecule has 0 spiro atoms. The van der Waals surface area contributed by atoms with Crippen molar-refractivity contribution < 1.29 is 10.2 Å². The first-order valence-electron chi connectivity index (χ1n) is 10.7. The summed E-state index contributed by atoms with van der Waals surface area (Å²) >= 11 is 0. The summed E-state index contributed by atoms with van der Waals surface area (Å²) in [6, 6.07) is -0.470. The minimum atomic E-state index is -0.538. The zero-order valence-corrected chi connectivity index (χ0v) is 16.1. The molecule has 24 heavy (non-hydrogen) atoms. The van der Waals surface area contributed by atoms with Crippen LogP contribution < -0.4 is 5.73 Å². The van der Waals surface area contributed by atoms with E-state index >= 15 is 0 Å². The second-order valence-electron chi connectivity index (χ2n) is 8.07. The number of aliphatic hydroxyl groups is 2. The normalized spacial score (nSPS) is 22.5. The predicted molar refractivity (Wildman–Crippen MR) is 103 cm³/mol. The highest BCUT2D eigenvalue weighted by molar-refractivity contribution is 4.85. The molecule has 1 aliphatic rings. The molecule has 0 saturated heterocycles. The van der Waals surface area contributed by atoms with Crippen LogP contribution >= 0.6 is 0 Å². The van der Waals surface area contributed by atoms with Crippen molar-refractivity contribution >= 4 is 0 Å². The van der Waals surface area contributed by atoms with E-state index in [1.807, 2.05) is 0 Å². The molecule has 3 heteroatoms. The van der Waals surface area contributed by atoms with Gasteiger partial charge in [0, 0.05) is 0 Å². The molecule has 0 aromatic carbocycles. The molecule has 0 bridgehead atoms. The molecule has 1 fully saturated rings. The van der Waals surface area contributed by atoms with E-state index in [-0.39, 0.29) is 6.61 Å². The van der Waals surface area contributed by atoms with Crippen LogP contribution in [0.5, 0.6) is 0 Å². The van der Waals surface area contributed by atoms with Crippen LogP contribution in [-0.4, -0.2) is 29.0 Å². The molecule has 3 nitrogen and oxygen atoms in total. The fraction of sp³-hybridized carbons (Fsp3) is 1.00. The summed E-state index contributed by atoms with van der Waals surface area (Å²) in [4.78, 5) is 0. The van der Waals surface area contributed by atoms with Gasteiger partial charge in [-0.3, -0.25) is 0 Å². The van der Waals surface area contributed by atoms with Crippen molar-refractivity contribution in [2.45, 2.75) is 115 Å². The first kappa shape index (κ1) is 21.9. The minimum absolute atomic E-state index is 0.123. The van der Waals surface area contributed by atoms with Crippen molar-refractivity contribution in [1.82, 2.24) is 0 Å². The minimum Gasteiger partial charge on any atom is -0.395 e. The Morgan fingerprint density at radius 2 is 1.33 bits per heavy atom. The van der Waals surface area contributed by atoms with E-state index in [2.05, 4.69) is 6.92 Å². The Morgan fingerprint density at radius 3 is 1.88 bits per heavy atom. The van der Waals surface area contributed by atoms with Crippen LogP contribution in [0.1, 0.15) is 103 Å². The molecule has 4 N–H and O–H groups in total. The topological polar surface area (TPSA) is 66.5 Å². The molecule has 1 rings (SSSR count). The highest BCUT2D eigenvalue weighted by atomic mass is 16.3. The van der Waals surface area contributed by atoms with Gasteiger partial charge < -0.3 is 15.9 Å². The standard InChI is InChI=1S/C21H43NO2/c1-2-3-4-10-13-18-16-19(18)14-11-8-6-5-7-9-12-15-21(24)20(22)17-23/h18-21,23-24H,2-17,22H2,1H3. The SMILES string of the molecule is CCCCCCC1CC1CCCCCCCCCC(O)C(N)CO. The molecule has 4 atom stereocenters. The second-order valence-corrected chi connectivity index (χ2v) is 8.07. The fourth-order valence-electron chi connectivity index (χ4n) is 3.83. The van der Waals surface area contributed by atoms with Gasteiger partial charge in [0.15, 0.2) is 0 Å². The van der Waals surface area contributed by atoms with Crippen molar-refractivity contribution in [3.05, 3.63) is 0 Å². The van der Waals surface area contributed by atoms with Crippen LogP contribution in [0.2, 0.25) is 0 Å². The maximum atomic E-state index is 9.67. The molecule has 144 valence electrons. The molecule has 0 amide bonds. The molecule has 1 saturated carbocycles. The van der Waals surface area contributed by atoms with E-state index in [9.17, 15) is 5.11 Å². The Morgan fingerprint density at radius 1 is 0.833 bits per heavy atom. The number of unbranched alkanes of at least 4 members (excludes halogenated alkanes) is 9. The average Bonchev–Trinajstić information content (AvgIpc) is 3.34. The third-order valence-electron chi connectivity index (χ3n) is 5.78. The summed E-state index contributed by atoms with van der Waals surface area (Å²) in [6.07, 6.45) is 19.4. The van der Waals surface area contributed by atoms with Crippen LogP contribution in [0.15, 0.2) is 0 Å². The Hall–Kier alpha value is -0.120. The summed E-state index contributed by atoms with van der Waals surface area (Å²) in [6.45, 7) is 2.16. The first-order chi connectivity index (χ1) is 11.7. The highest BCUT2D eigenvalue weighted by Gasteiger charge is 2.34. The molecule has 0 aromatic rings. The Labute approximate surface area is 150 Å². The summed E-state index contributed by atoms with van der Waals surface area (Å²) in [5.41, 5.74) is 5.59. The van der Waals surface area contributed by atoms with Crippen LogP contribution in [0.25, 0.3) is 0 Å². The van der Waals surface area contributed by atoms with Crippen LogP contribution in [0.3, 0.4) is 0 Å². The zero-order valence-electron chi connectivity index (χ0n) is 16.1. The summed E-state index contributed by atoms with van der Waals surface area (Å²) < 4.78 is 0. The number of rotatable bonds is 17. The lowest BCUT2D eigenvalue weighted by Crippen LogP contribution is -2.37. The van der Waals surface area contributed by atoms with E-state index in [4.69, 9.17) is 10.8 Å². The van der Waals surface area contributed by atoms with Gasteiger partial charge >= 0.3 is 0 Å². The molecule has 0 aliphatic heterocycles. The number of hydrogen-bond acceptors (Lipinski definition) is 3. The van der Waals surface area contributed by atoms with Crippen LogP contribution in [0, 0.1) is 11.8 Å². The van der Waals surface area contributed by atoms with E-state index < -0.39 is 12.1 Å².